The molecule has 1 aromatic rings. The lowest BCUT2D eigenvalue weighted by Crippen LogP contribution is -2.37. The zero-order chi connectivity index (χ0) is 15.4. The van der Waals surface area contributed by atoms with Gasteiger partial charge in [-0.2, -0.15) is 5.10 Å². The van der Waals surface area contributed by atoms with Gasteiger partial charge in [0.2, 0.25) is 0 Å². The van der Waals surface area contributed by atoms with E-state index >= 15 is 0 Å². The summed E-state index contributed by atoms with van der Waals surface area (Å²) in [5.41, 5.74) is 10.0. The molecule has 0 spiro atoms. The highest BCUT2D eigenvalue weighted by molar-refractivity contribution is 5.32. The van der Waals surface area contributed by atoms with Crippen molar-refractivity contribution in [2.45, 2.75) is 51.5 Å². The first-order chi connectivity index (χ1) is 10.8. The first-order valence-electron chi connectivity index (χ1n) is 8.86. The SMILES string of the molecule is Cc1nn(CCCN2CCOCC2)c2c1C(CCN)CCC2. The van der Waals surface area contributed by atoms with Crippen molar-refractivity contribution >= 4 is 0 Å². The van der Waals surface area contributed by atoms with E-state index in [0.29, 0.717) is 5.92 Å². The number of hydrogen-bond acceptors (Lipinski definition) is 4. The zero-order valence-corrected chi connectivity index (χ0v) is 13.9. The first-order valence-corrected chi connectivity index (χ1v) is 8.86. The third-order valence-electron chi connectivity index (χ3n) is 5.12. The van der Waals surface area contributed by atoms with Crippen LogP contribution in [0.25, 0.3) is 0 Å². The van der Waals surface area contributed by atoms with E-state index in [4.69, 9.17) is 15.6 Å². The molecular formula is C17H30N4O. The fourth-order valence-corrected chi connectivity index (χ4v) is 4.04. The average Bonchev–Trinajstić information content (AvgIpc) is 2.86. The van der Waals surface area contributed by atoms with Crippen LogP contribution in [0.4, 0.5) is 0 Å². The molecule has 0 bridgehead atoms. The summed E-state index contributed by atoms with van der Waals surface area (Å²) >= 11 is 0. The molecule has 5 nitrogen and oxygen atoms in total. The molecule has 0 radical (unpaired) electrons. The van der Waals surface area contributed by atoms with Gasteiger partial charge in [0.25, 0.3) is 0 Å². The Kier molecular flexibility index (Phi) is 5.50. The summed E-state index contributed by atoms with van der Waals surface area (Å²) in [5.74, 6) is 0.641. The summed E-state index contributed by atoms with van der Waals surface area (Å²) in [7, 11) is 0. The molecule has 1 aromatic heterocycles. The number of aryl methyl sites for hydroxylation is 2. The summed E-state index contributed by atoms with van der Waals surface area (Å²) < 4.78 is 7.69. The predicted molar refractivity (Wildman–Crippen MR) is 88.2 cm³/mol. The molecule has 2 aliphatic rings. The van der Waals surface area contributed by atoms with Gasteiger partial charge in [-0.1, -0.05) is 0 Å². The molecule has 1 aliphatic heterocycles. The van der Waals surface area contributed by atoms with E-state index in [1.807, 2.05) is 0 Å². The molecule has 1 fully saturated rings. The lowest BCUT2D eigenvalue weighted by atomic mass is 9.83. The molecular weight excluding hydrogens is 276 g/mol. The highest BCUT2D eigenvalue weighted by Crippen LogP contribution is 2.35. The number of hydrogen-bond donors (Lipinski definition) is 1. The average molecular weight is 306 g/mol. The van der Waals surface area contributed by atoms with Crippen LogP contribution in [0.5, 0.6) is 0 Å². The molecule has 1 aliphatic carbocycles. The molecule has 1 saturated heterocycles. The largest absolute Gasteiger partial charge is 0.379 e. The second-order valence-corrected chi connectivity index (χ2v) is 6.64. The second-order valence-electron chi connectivity index (χ2n) is 6.64. The van der Waals surface area contributed by atoms with E-state index in [1.165, 1.54) is 42.6 Å². The van der Waals surface area contributed by atoms with Crippen molar-refractivity contribution in [3.05, 3.63) is 17.0 Å². The quantitative estimate of drug-likeness (QED) is 0.869. The third kappa shape index (κ3) is 3.53. The van der Waals surface area contributed by atoms with Crippen molar-refractivity contribution in [2.75, 3.05) is 39.4 Å². The molecule has 0 amide bonds. The number of fused-ring (bicyclic) bond motifs is 1. The van der Waals surface area contributed by atoms with Crippen LogP contribution in [0, 0.1) is 6.92 Å². The Labute approximate surface area is 133 Å². The van der Waals surface area contributed by atoms with Crippen LogP contribution < -0.4 is 5.73 Å². The lowest BCUT2D eigenvalue weighted by molar-refractivity contribution is 0.0368. The van der Waals surface area contributed by atoms with E-state index in [9.17, 15) is 0 Å². The number of ether oxygens (including phenoxy) is 1. The highest BCUT2D eigenvalue weighted by atomic mass is 16.5. The Morgan fingerprint density at radius 2 is 2.09 bits per heavy atom. The summed E-state index contributed by atoms with van der Waals surface area (Å²) in [5, 5.41) is 4.84. The van der Waals surface area contributed by atoms with Gasteiger partial charge in [-0.15, -0.1) is 0 Å². The molecule has 5 heteroatoms. The van der Waals surface area contributed by atoms with E-state index < -0.39 is 0 Å². The standard InChI is InChI=1S/C17H30N4O/c1-14-17-15(6-7-18)4-2-5-16(17)21(19-14)9-3-8-20-10-12-22-13-11-20/h15H,2-13,18H2,1H3. The number of nitrogens with two attached hydrogens (primary N) is 1. The van der Waals surface area contributed by atoms with Gasteiger partial charge in [0.05, 0.1) is 18.9 Å². The van der Waals surface area contributed by atoms with Gasteiger partial charge in [0.1, 0.15) is 0 Å². The minimum absolute atomic E-state index is 0.641. The maximum Gasteiger partial charge on any atom is 0.0631 e. The predicted octanol–water partition coefficient (Wildman–Crippen LogP) is 1.68. The highest BCUT2D eigenvalue weighted by Gasteiger charge is 2.26. The summed E-state index contributed by atoms with van der Waals surface area (Å²) in [6.45, 7) is 9.09. The van der Waals surface area contributed by atoms with E-state index in [-0.39, 0.29) is 0 Å². The maximum absolute atomic E-state index is 5.79. The topological polar surface area (TPSA) is 56.3 Å². The Morgan fingerprint density at radius 1 is 1.27 bits per heavy atom. The minimum atomic E-state index is 0.641. The number of nitrogens with zero attached hydrogens (tertiary/aromatic N) is 3. The Balaban J connectivity index is 1.61. The van der Waals surface area contributed by atoms with Gasteiger partial charge in [-0.3, -0.25) is 9.58 Å². The van der Waals surface area contributed by atoms with Gasteiger partial charge in [-0.25, -0.2) is 0 Å². The molecule has 1 atom stereocenters. The van der Waals surface area contributed by atoms with Crippen molar-refractivity contribution in [1.82, 2.24) is 14.7 Å². The Bertz CT molecular complexity index is 479. The van der Waals surface area contributed by atoms with Crippen molar-refractivity contribution < 1.29 is 4.74 Å². The second kappa shape index (κ2) is 7.57. The van der Waals surface area contributed by atoms with Crippen LogP contribution in [0.1, 0.15) is 48.6 Å². The van der Waals surface area contributed by atoms with Crippen molar-refractivity contribution in [3.8, 4) is 0 Å². The molecule has 3 rings (SSSR count). The molecule has 22 heavy (non-hydrogen) atoms. The van der Waals surface area contributed by atoms with Gasteiger partial charge in [0.15, 0.2) is 0 Å². The van der Waals surface area contributed by atoms with E-state index in [0.717, 1.165) is 52.4 Å². The number of aromatic nitrogens is 2. The summed E-state index contributed by atoms with van der Waals surface area (Å²) in [6.07, 6.45) is 6.04. The fourth-order valence-electron chi connectivity index (χ4n) is 4.04. The molecule has 1 unspecified atom stereocenters. The van der Waals surface area contributed by atoms with Gasteiger partial charge >= 0.3 is 0 Å². The van der Waals surface area contributed by atoms with Crippen LogP contribution in [-0.2, 0) is 17.7 Å². The molecule has 124 valence electrons. The minimum Gasteiger partial charge on any atom is -0.379 e. The maximum atomic E-state index is 5.79. The third-order valence-corrected chi connectivity index (χ3v) is 5.12. The number of morpholine rings is 1. The Morgan fingerprint density at radius 3 is 2.86 bits per heavy atom. The summed E-state index contributed by atoms with van der Waals surface area (Å²) in [4.78, 5) is 2.50. The van der Waals surface area contributed by atoms with Crippen molar-refractivity contribution in [1.29, 1.82) is 0 Å². The normalized spacial score (nSPS) is 22.7. The summed E-state index contributed by atoms with van der Waals surface area (Å²) in [6, 6.07) is 0. The van der Waals surface area contributed by atoms with Crippen molar-refractivity contribution in [2.24, 2.45) is 5.73 Å². The van der Waals surface area contributed by atoms with Gasteiger partial charge in [0, 0.05) is 31.9 Å². The molecule has 2 heterocycles. The van der Waals surface area contributed by atoms with Crippen LogP contribution in [0.3, 0.4) is 0 Å². The lowest BCUT2D eigenvalue weighted by Gasteiger charge is -2.27. The molecule has 2 N–H and O–H groups in total. The van der Waals surface area contributed by atoms with Crippen LogP contribution in [0.2, 0.25) is 0 Å². The Hall–Kier alpha value is -0.910. The fraction of sp³-hybridized carbons (Fsp3) is 0.824. The van der Waals surface area contributed by atoms with Gasteiger partial charge in [-0.05, 0) is 57.1 Å². The zero-order valence-electron chi connectivity index (χ0n) is 13.9. The van der Waals surface area contributed by atoms with Crippen molar-refractivity contribution in [3.63, 3.8) is 0 Å². The molecule has 0 saturated carbocycles. The monoisotopic (exact) mass is 306 g/mol. The number of rotatable bonds is 6. The van der Waals surface area contributed by atoms with E-state index in [1.54, 1.807) is 0 Å². The smallest absolute Gasteiger partial charge is 0.0631 e. The van der Waals surface area contributed by atoms with Crippen LogP contribution >= 0.6 is 0 Å². The van der Waals surface area contributed by atoms with Crippen LogP contribution in [-0.4, -0.2) is 54.1 Å². The molecule has 0 aromatic carbocycles. The first kappa shape index (κ1) is 16.0. The van der Waals surface area contributed by atoms with E-state index in [2.05, 4.69) is 16.5 Å². The van der Waals surface area contributed by atoms with Gasteiger partial charge < -0.3 is 10.5 Å². The van der Waals surface area contributed by atoms with Crippen LogP contribution in [0.15, 0.2) is 0 Å².